The van der Waals surface area contributed by atoms with Gasteiger partial charge in [-0.1, -0.05) is 15.9 Å². The Morgan fingerprint density at radius 2 is 1.81 bits per heavy atom. The van der Waals surface area contributed by atoms with Crippen molar-refractivity contribution in [3.63, 3.8) is 0 Å². The molecule has 0 atom stereocenters. The molecule has 0 bridgehead atoms. The number of carboxylic acids is 1. The molecule has 0 aliphatic heterocycles. The van der Waals surface area contributed by atoms with E-state index in [9.17, 15) is 4.79 Å². The summed E-state index contributed by atoms with van der Waals surface area (Å²) in [7, 11) is 1.60. The monoisotopic (exact) mass is 348 g/mol. The quantitative estimate of drug-likeness (QED) is 0.816. The molecule has 4 nitrogen and oxygen atoms in total. The predicted molar refractivity (Wildman–Crippen MR) is 83.9 cm³/mol. The van der Waals surface area contributed by atoms with Crippen LogP contribution in [-0.2, 0) is 4.79 Å². The van der Waals surface area contributed by atoms with Gasteiger partial charge < -0.3 is 14.6 Å². The normalized spacial score (nSPS) is 10.6. The van der Waals surface area contributed by atoms with Gasteiger partial charge in [-0.15, -0.1) is 0 Å². The van der Waals surface area contributed by atoms with Crippen LogP contribution in [0.3, 0.4) is 0 Å². The fourth-order valence-corrected chi connectivity index (χ4v) is 2.05. The lowest BCUT2D eigenvalue weighted by atomic mass is 10.2. The highest BCUT2D eigenvalue weighted by atomic mass is 79.9. The van der Waals surface area contributed by atoms with E-state index in [0.717, 1.165) is 16.3 Å². The summed E-state index contributed by atoms with van der Waals surface area (Å²) in [5, 5.41) is 8.73. The zero-order chi connectivity index (χ0) is 15.2. The molecule has 2 rings (SSSR count). The van der Waals surface area contributed by atoms with E-state index in [2.05, 4.69) is 15.9 Å². The van der Waals surface area contributed by atoms with E-state index >= 15 is 0 Å². The van der Waals surface area contributed by atoms with Gasteiger partial charge >= 0.3 is 5.97 Å². The van der Waals surface area contributed by atoms with Gasteiger partial charge in [0.1, 0.15) is 17.2 Å². The number of carboxylic acid groups (broad SMARTS) is 1. The fourth-order valence-electron chi connectivity index (χ4n) is 1.67. The van der Waals surface area contributed by atoms with Crippen LogP contribution >= 0.6 is 15.9 Å². The molecular weight excluding hydrogens is 336 g/mol. The number of halogens is 1. The molecule has 0 radical (unpaired) electrons. The first-order valence-corrected chi connectivity index (χ1v) is 6.90. The Bertz CT molecular complexity index is 662. The number of methoxy groups -OCH3 is 1. The van der Waals surface area contributed by atoms with Crippen LogP contribution < -0.4 is 9.47 Å². The first kappa shape index (κ1) is 15.1. The molecule has 0 saturated heterocycles. The molecule has 0 saturated carbocycles. The van der Waals surface area contributed by atoms with Gasteiger partial charge in [-0.2, -0.15) is 0 Å². The average molecular weight is 349 g/mol. The van der Waals surface area contributed by atoms with E-state index in [0.29, 0.717) is 17.1 Å². The molecule has 0 fully saturated rings. The van der Waals surface area contributed by atoms with E-state index in [4.69, 9.17) is 14.6 Å². The Balaban J connectivity index is 2.27. The van der Waals surface area contributed by atoms with Crippen molar-refractivity contribution < 1.29 is 19.4 Å². The third-order valence-corrected chi connectivity index (χ3v) is 3.16. The Labute approximate surface area is 130 Å². The van der Waals surface area contributed by atoms with Gasteiger partial charge in [-0.25, -0.2) is 4.79 Å². The van der Waals surface area contributed by atoms with Gasteiger partial charge in [0.25, 0.3) is 0 Å². The summed E-state index contributed by atoms with van der Waals surface area (Å²) in [6.07, 6.45) is 2.56. The molecule has 21 heavy (non-hydrogen) atoms. The van der Waals surface area contributed by atoms with Gasteiger partial charge in [-0.05, 0) is 48.5 Å². The molecule has 0 aliphatic carbocycles. The first-order chi connectivity index (χ1) is 10.1. The second-order valence-electron chi connectivity index (χ2n) is 4.13. The topological polar surface area (TPSA) is 55.8 Å². The summed E-state index contributed by atoms with van der Waals surface area (Å²) >= 11 is 3.35. The van der Waals surface area contributed by atoms with Crippen LogP contribution in [0.2, 0.25) is 0 Å². The van der Waals surface area contributed by atoms with E-state index in [1.54, 1.807) is 43.5 Å². The summed E-state index contributed by atoms with van der Waals surface area (Å²) < 4.78 is 11.7. The largest absolute Gasteiger partial charge is 0.497 e. The molecule has 0 amide bonds. The van der Waals surface area contributed by atoms with Gasteiger partial charge in [0.2, 0.25) is 0 Å². The number of carbonyl (C=O) groups is 1. The molecule has 0 unspecified atom stereocenters. The van der Waals surface area contributed by atoms with Crippen molar-refractivity contribution in [3.8, 4) is 17.2 Å². The minimum atomic E-state index is -1.01. The molecule has 2 aromatic carbocycles. The predicted octanol–water partition coefficient (Wildman–Crippen LogP) is 4.35. The molecule has 0 aromatic heterocycles. The Morgan fingerprint density at radius 3 is 2.43 bits per heavy atom. The Hall–Kier alpha value is -2.27. The molecule has 0 spiro atoms. The van der Waals surface area contributed by atoms with Crippen LogP contribution in [0, 0.1) is 0 Å². The van der Waals surface area contributed by atoms with Crippen molar-refractivity contribution in [1.82, 2.24) is 0 Å². The van der Waals surface area contributed by atoms with Gasteiger partial charge in [0.05, 0.1) is 7.11 Å². The van der Waals surface area contributed by atoms with Crippen LogP contribution in [0.1, 0.15) is 5.56 Å². The number of hydrogen-bond donors (Lipinski definition) is 1. The zero-order valence-electron chi connectivity index (χ0n) is 11.2. The summed E-state index contributed by atoms with van der Waals surface area (Å²) in [5.41, 5.74) is 0.669. The Kier molecular flexibility index (Phi) is 5.00. The van der Waals surface area contributed by atoms with Crippen LogP contribution in [0.25, 0.3) is 6.08 Å². The lowest BCUT2D eigenvalue weighted by Gasteiger charge is -2.10. The third-order valence-electron chi connectivity index (χ3n) is 2.66. The number of benzene rings is 2. The highest BCUT2D eigenvalue weighted by Crippen LogP contribution is 2.30. The van der Waals surface area contributed by atoms with Crippen LogP contribution in [0.15, 0.2) is 53.0 Å². The maximum absolute atomic E-state index is 10.6. The van der Waals surface area contributed by atoms with Crippen LogP contribution in [0.5, 0.6) is 17.2 Å². The third kappa shape index (κ3) is 4.36. The maximum Gasteiger partial charge on any atom is 0.328 e. The maximum atomic E-state index is 10.6. The molecule has 1 N–H and O–H groups in total. The molecule has 108 valence electrons. The van der Waals surface area contributed by atoms with E-state index in [1.807, 2.05) is 6.07 Å². The number of hydrogen-bond acceptors (Lipinski definition) is 3. The smallest absolute Gasteiger partial charge is 0.328 e. The minimum absolute atomic E-state index is 0.570. The lowest BCUT2D eigenvalue weighted by Crippen LogP contribution is -1.90. The second kappa shape index (κ2) is 6.95. The second-order valence-corrected chi connectivity index (χ2v) is 5.05. The Morgan fingerprint density at radius 1 is 1.14 bits per heavy atom. The van der Waals surface area contributed by atoms with Crippen molar-refractivity contribution in [2.45, 2.75) is 0 Å². The number of rotatable bonds is 5. The van der Waals surface area contributed by atoms with Crippen molar-refractivity contribution >= 4 is 28.0 Å². The number of aliphatic carboxylic acids is 1. The lowest BCUT2D eigenvalue weighted by molar-refractivity contribution is -0.131. The van der Waals surface area contributed by atoms with Gasteiger partial charge in [0.15, 0.2) is 0 Å². The van der Waals surface area contributed by atoms with E-state index in [-0.39, 0.29) is 0 Å². The standard InChI is InChI=1S/C16H13BrO4/c1-20-13-4-6-14(7-5-13)21-15-8-3-12(17)10-11(15)2-9-16(18)19/h2-10H,1H3,(H,18,19)/b9-2+. The van der Waals surface area contributed by atoms with Gasteiger partial charge in [0, 0.05) is 16.1 Å². The summed E-state index contributed by atoms with van der Waals surface area (Å²) in [5.74, 6) is 0.943. The first-order valence-electron chi connectivity index (χ1n) is 6.11. The minimum Gasteiger partial charge on any atom is -0.497 e. The summed E-state index contributed by atoms with van der Waals surface area (Å²) in [4.78, 5) is 10.6. The molecule has 0 heterocycles. The highest BCUT2D eigenvalue weighted by Gasteiger charge is 2.05. The van der Waals surface area contributed by atoms with Crippen molar-refractivity contribution in [2.24, 2.45) is 0 Å². The average Bonchev–Trinajstić information content (AvgIpc) is 2.48. The highest BCUT2D eigenvalue weighted by molar-refractivity contribution is 9.10. The van der Waals surface area contributed by atoms with Crippen molar-refractivity contribution in [3.05, 3.63) is 58.6 Å². The molecule has 5 heteroatoms. The van der Waals surface area contributed by atoms with Crippen LogP contribution in [0.4, 0.5) is 0 Å². The SMILES string of the molecule is COc1ccc(Oc2ccc(Br)cc2/C=C/C(=O)O)cc1. The van der Waals surface area contributed by atoms with Crippen molar-refractivity contribution in [2.75, 3.05) is 7.11 Å². The molecule has 2 aromatic rings. The van der Waals surface area contributed by atoms with Crippen LogP contribution in [-0.4, -0.2) is 18.2 Å². The molecular formula is C16H13BrO4. The summed E-state index contributed by atoms with van der Waals surface area (Å²) in [6, 6.07) is 12.5. The van der Waals surface area contributed by atoms with Gasteiger partial charge in [-0.3, -0.25) is 0 Å². The number of ether oxygens (including phenoxy) is 2. The van der Waals surface area contributed by atoms with E-state index in [1.165, 1.54) is 6.08 Å². The fraction of sp³-hybridized carbons (Fsp3) is 0.0625. The zero-order valence-corrected chi connectivity index (χ0v) is 12.8. The molecule has 0 aliphatic rings. The van der Waals surface area contributed by atoms with Crippen molar-refractivity contribution in [1.29, 1.82) is 0 Å². The summed E-state index contributed by atoms with van der Waals surface area (Å²) in [6.45, 7) is 0. The van der Waals surface area contributed by atoms with E-state index < -0.39 is 5.97 Å².